The quantitative estimate of drug-likeness (QED) is 0.212. The van der Waals surface area contributed by atoms with Crippen molar-refractivity contribution in [1.82, 2.24) is 0 Å². The first kappa shape index (κ1) is 22.8. The van der Waals surface area contributed by atoms with Crippen molar-refractivity contribution in [3.8, 4) is 22.3 Å². The summed E-state index contributed by atoms with van der Waals surface area (Å²) in [6.45, 7) is 0. The predicted molar refractivity (Wildman–Crippen MR) is 151 cm³/mol. The molecular weight excluding hydrogens is 472 g/mol. The van der Waals surface area contributed by atoms with Gasteiger partial charge in [0.2, 0.25) is 0 Å². The highest BCUT2D eigenvalue weighted by atomic mass is 32.2. The SMILES string of the molecule is c1ccc(Sc2cc(N=Nc3ccc(N=Nc4ccc5cccccc4-5)cc3)c3cccccc2-3)cc1. The third kappa shape index (κ3) is 5.17. The lowest BCUT2D eigenvalue weighted by Gasteiger charge is -2.01. The molecule has 2 aromatic rings. The van der Waals surface area contributed by atoms with Crippen molar-refractivity contribution >= 4 is 34.5 Å². The molecule has 6 rings (SSSR count). The summed E-state index contributed by atoms with van der Waals surface area (Å²) >= 11 is 1.74. The molecule has 0 atom stereocenters. The smallest absolute Gasteiger partial charge is 0.0947 e. The van der Waals surface area contributed by atoms with Crippen LogP contribution in [0.5, 0.6) is 0 Å². The minimum absolute atomic E-state index is 0.761. The predicted octanol–water partition coefficient (Wildman–Crippen LogP) is 10.9. The molecule has 2 aromatic carbocycles. The highest BCUT2D eigenvalue weighted by Gasteiger charge is 2.15. The fourth-order valence-corrected chi connectivity index (χ4v) is 5.15. The molecule has 0 aromatic heterocycles. The van der Waals surface area contributed by atoms with Crippen molar-refractivity contribution in [3.05, 3.63) is 133 Å². The Hall–Kier alpha value is -4.61. The van der Waals surface area contributed by atoms with Crippen LogP contribution in [-0.2, 0) is 0 Å². The van der Waals surface area contributed by atoms with E-state index in [2.05, 4.69) is 87.2 Å². The molecule has 176 valence electrons. The van der Waals surface area contributed by atoms with Gasteiger partial charge in [0, 0.05) is 20.9 Å². The largest absolute Gasteiger partial charge is 0.151 e. The Kier molecular flexibility index (Phi) is 6.52. The van der Waals surface area contributed by atoms with Crippen molar-refractivity contribution in [2.24, 2.45) is 20.5 Å². The Balaban J connectivity index is 1.22. The van der Waals surface area contributed by atoms with Gasteiger partial charge in [0.15, 0.2) is 0 Å². The second-order valence-corrected chi connectivity index (χ2v) is 9.58. The molecule has 4 aliphatic carbocycles. The number of hydrogen-bond donors (Lipinski definition) is 0. The van der Waals surface area contributed by atoms with Crippen molar-refractivity contribution in [1.29, 1.82) is 0 Å². The summed E-state index contributed by atoms with van der Waals surface area (Å²) in [6.07, 6.45) is 0. The third-order valence-corrected chi connectivity index (χ3v) is 7.05. The molecular formula is C32H22N4S. The molecule has 0 saturated carbocycles. The summed E-state index contributed by atoms with van der Waals surface area (Å²) in [5.41, 5.74) is 7.70. The van der Waals surface area contributed by atoms with Gasteiger partial charge in [-0.1, -0.05) is 96.7 Å². The summed E-state index contributed by atoms with van der Waals surface area (Å²) in [4.78, 5) is 2.36. The molecule has 0 heterocycles. The van der Waals surface area contributed by atoms with E-state index in [0.717, 1.165) is 49.9 Å². The van der Waals surface area contributed by atoms with Crippen LogP contribution in [0.3, 0.4) is 0 Å². The first-order valence-corrected chi connectivity index (χ1v) is 12.8. The molecule has 0 amide bonds. The summed E-state index contributed by atoms with van der Waals surface area (Å²) in [5, 5.41) is 18.0. The lowest BCUT2D eigenvalue weighted by molar-refractivity contribution is 1.22. The minimum atomic E-state index is 0.761. The lowest BCUT2D eigenvalue weighted by Crippen LogP contribution is -1.72. The molecule has 0 unspecified atom stereocenters. The summed E-state index contributed by atoms with van der Waals surface area (Å²) in [5.74, 6) is 0. The van der Waals surface area contributed by atoms with Crippen LogP contribution in [0.1, 0.15) is 0 Å². The van der Waals surface area contributed by atoms with E-state index in [4.69, 9.17) is 0 Å². The molecule has 0 N–H and O–H groups in total. The number of fused-ring (bicyclic) bond motifs is 2. The molecule has 0 radical (unpaired) electrons. The first-order chi connectivity index (χ1) is 18.3. The van der Waals surface area contributed by atoms with Gasteiger partial charge in [-0.2, -0.15) is 10.2 Å². The van der Waals surface area contributed by atoms with Crippen LogP contribution < -0.4 is 0 Å². The molecule has 5 heteroatoms. The van der Waals surface area contributed by atoms with Crippen LogP contribution in [0.2, 0.25) is 0 Å². The maximum absolute atomic E-state index is 4.61. The van der Waals surface area contributed by atoms with E-state index in [1.807, 2.05) is 66.7 Å². The fourth-order valence-electron chi connectivity index (χ4n) is 4.14. The van der Waals surface area contributed by atoms with Gasteiger partial charge in [-0.15, -0.1) is 10.2 Å². The monoisotopic (exact) mass is 494 g/mol. The summed E-state index contributed by atoms with van der Waals surface area (Å²) in [7, 11) is 0. The Bertz CT molecular complexity index is 1640. The van der Waals surface area contributed by atoms with E-state index in [1.54, 1.807) is 11.8 Å². The zero-order chi connectivity index (χ0) is 24.9. The maximum atomic E-state index is 4.61. The Morgan fingerprint density at radius 3 is 1.68 bits per heavy atom. The van der Waals surface area contributed by atoms with Crippen LogP contribution in [0.4, 0.5) is 22.7 Å². The average molecular weight is 495 g/mol. The van der Waals surface area contributed by atoms with Crippen molar-refractivity contribution in [2.75, 3.05) is 0 Å². The standard InChI is InChI=1S/C32H22N4S/c1-4-10-23-16-21-30(27(23)13-7-1)35-33-24-17-19-25(20-18-24)34-36-31-22-32(37-26-11-5-2-6-12-26)29-15-9-3-8-14-28(29)31/h1-22H. The zero-order valence-corrected chi connectivity index (χ0v) is 20.7. The van der Waals surface area contributed by atoms with Gasteiger partial charge in [-0.25, -0.2) is 0 Å². The molecule has 0 saturated heterocycles. The van der Waals surface area contributed by atoms with E-state index in [0.29, 0.717) is 0 Å². The van der Waals surface area contributed by atoms with E-state index in [9.17, 15) is 0 Å². The molecule has 0 bridgehead atoms. The Morgan fingerprint density at radius 1 is 0.405 bits per heavy atom. The van der Waals surface area contributed by atoms with E-state index in [-0.39, 0.29) is 0 Å². The summed E-state index contributed by atoms with van der Waals surface area (Å²) in [6, 6.07) is 44.7. The van der Waals surface area contributed by atoms with Crippen molar-refractivity contribution in [2.45, 2.75) is 9.79 Å². The average Bonchev–Trinajstić information content (AvgIpc) is 3.23. The number of hydrogen-bond acceptors (Lipinski definition) is 5. The van der Waals surface area contributed by atoms with Crippen LogP contribution in [0.25, 0.3) is 22.3 Å². The van der Waals surface area contributed by atoms with Gasteiger partial charge < -0.3 is 0 Å². The van der Waals surface area contributed by atoms with Crippen molar-refractivity contribution in [3.63, 3.8) is 0 Å². The minimum Gasteiger partial charge on any atom is -0.151 e. The normalized spacial score (nSPS) is 11.7. The number of nitrogens with zero attached hydrogens (tertiary/aromatic N) is 4. The number of benzene rings is 2. The van der Waals surface area contributed by atoms with Gasteiger partial charge in [-0.3, -0.25) is 0 Å². The zero-order valence-electron chi connectivity index (χ0n) is 19.9. The first-order valence-electron chi connectivity index (χ1n) is 12.0. The number of rotatable bonds is 6. The van der Waals surface area contributed by atoms with E-state index < -0.39 is 0 Å². The lowest BCUT2D eigenvalue weighted by atomic mass is 10.2. The molecule has 0 fully saturated rings. The fraction of sp³-hybridized carbons (Fsp3) is 0. The summed E-state index contributed by atoms with van der Waals surface area (Å²) < 4.78 is 0. The second-order valence-electron chi connectivity index (χ2n) is 8.46. The van der Waals surface area contributed by atoms with E-state index in [1.165, 1.54) is 4.90 Å². The molecule has 4 aliphatic rings. The van der Waals surface area contributed by atoms with Crippen LogP contribution >= 0.6 is 11.8 Å². The number of azo groups is 2. The third-order valence-electron chi connectivity index (χ3n) is 5.98. The van der Waals surface area contributed by atoms with Crippen LogP contribution in [0, 0.1) is 0 Å². The maximum Gasteiger partial charge on any atom is 0.0947 e. The molecule has 37 heavy (non-hydrogen) atoms. The van der Waals surface area contributed by atoms with Gasteiger partial charge in [0.1, 0.15) is 0 Å². The van der Waals surface area contributed by atoms with Gasteiger partial charge in [0.05, 0.1) is 22.7 Å². The van der Waals surface area contributed by atoms with Crippen molar-refractivity contribution < 1.29 is 0 Å². The van der Waals surface area contributed by atoms with Gasteiger partial charge >= 0.3 is 0 Å². The topological polar surface area (TPSA) is 49.4 Å². The Morgan fingerprint density at radius 2 is 0.973 bits per heavy atom. The second kappa shape index (κ2) is 10.6. The van der Waals surface area contributed by atoms with Gasteiger partial charge in [0.25, 0.3) is 0 Å². The molecule has 0 spiro atoms. The molecule has 0 aliphatic heterocycles. The molecule has 4 nitrogen and oxygen atoms in total. The highest BCUT2D eigenvalue weighted by molar-refractivity contribution is 7.99. The Labute approximate surface area is 220 Å². The van der Waals surface area contributed by atoms with Crippen LogP contribution in [0.15, 0.2) is 164 Å². The highest BCUT2D eigenvalue weighted by Crippen LogP contribution is 2.45. The van der Waals surface area contributed by atoms with Crippen LogP contribution in [-0.4, -0.2) is 0 Å². The van der Waals surface area contributed by atoms with E-state index >= 15 is 0 Å². The van der Waals surface area contributed by atoms with Gasteiger partial charge in [-0.05, 0) is 59.7 Å².